The maximum atomic E-state index is 13.3. The first-order valence-corrected chi connectivity index (χ1v) is 11.7. The van der Waals surface area contributed by atoms with E-state index in [1.54, 1.807) is 0 Å². The molecular weight excluding hydrogens is 412 g/mol. The van der Waals surface area contributed by atoms with Crippen LogP contribution in [0, 0.1) is 5.92 Å². The number of para-hydroxylation sites is 1. The highest BCUT2D eigenvalue weighted by atomic mass is 32.1. The van der Waals surface area contributed by atoms with E-state index in [4.69, 9.17) is 9.97 Å². The molecule has 164 valence electrons. The molecule has 3 N–H and O–H groups in total. The quantitative estimate of drug-likeness (QED) is 0.560. The lowest BCUT2D eigenvalue weighted by atomic mass is 10.1. The van der Waals surface area contributed by atoms with Crippen molar-refractivity contribution < 1.29 is 5.11 Å². The number of thiazole rings is 1. The fraction of sp³-hybridized carbons (Fsp3) is 0.500. The Labute approximate surface area is 184 Å². The molecule has 0 spiro atoms. The number of rotatable bonds is 5. The van der Waals surface area contributed by atoms with Crippen LogP contribution in [0.15, 0.2) is 29.1 Å². The van der Waals surface area contributed by atoms with E-state index in [1.807, 2.05) is 24.3 Å². The normalized spacial score (nSPS) is 22.3. The van der Waals surface area contributed by atoms with Gasteiger partial charge in [-0.05, 0) is 44.4 Å². The molecule has 0 bridgehead atoms. The number of aliphatic hydroxyl groups excluding tert-OH is 1. The number of likely N-dealkylation sites (N-methyl/N-ethyl adjacent to an activating group) is 1. The summed E-state index contributed by atoms with van der Waals surface area (Å²) in [6.45, 7) is 3.74. The lowest BCUT2D eigenvalue weighted by Gasteiger charge is -2.33. The number of piperazine rings is 1. The Kier molecular flexibility index (Phi) is 5.64. The van der Waals surface area contributed by atoms with E-state index in [-0.39, 0.29) is 18.2 Å². The molecular formula is C22H28N6O2S. The predicted molar refractivity (Wildman–Crippen MR) is 125 cm³/mol. The van der Waals surface area contributed by atoms with Crippen LogP contribution in [0.4, 0.5) is 11.8 Å². The van der Waals surface area contributed by atoms with Crippen LogP contribution in [0.1, 0.15) is 19.3 Å². The van der Waals surface area contributed by atoms with Gasteiger partial charge in [0, 0.05) is 38.8 Å². The average Bonchev–Trinajstić information content (AvgIpc) is 3.40. The second-order valence-electron chi connectivity index (χ2n) is 8.59. The van der Waals surface area contributed by atoms with Gasteiger partial charge in [-0.3, -0.25) is 9.78 Å². The third-order valence-electron chi connectivity index (χ3n) is 6.36. The van der Waals surface area contributed by atoms with Crippen molar-refractivity contribution in [3.8, 4) is 10.6 Å². The molecule has 1 saturated carbocycles. The number of H-pyrrole nitrogens is 1. The number of nitrogens with zero attached hydrogens (tertiary/aromatic N) is 4. The summed E-state index contributed by atoms with van der Waals surface area (Å²) >= 11 is 1.51. The molecule has 1 saturated heterocycles. The molecule has 31 heavy (non-hydrogen) atoms. The number of anilines is 2. The van der Waals surface area contributed by atoms with Crippen LogP contribution in [-0.4, -0.2) is 70.8 Å². The maximum Gasteiger partial charge on any atom is 0.264 e. The van der Waals surface area contributed by atoms with Crippen molar-refractivity contribution in [2.24, 2.45) is 5.92 Å². The highest BCUT2D eigenvalue weighted by Gasteiger charge is 2.27. The second kappa shape index (κ2) is 8.57. The molecule has 9 heteroatoms. The summed E-state index contributed by atoms with van der Waals surface area (Å²) in [7, 11) is 2.11. The zero-order chi connectivity index (χ0) is 21.4. The smallest absolute Gasteiger partial charge is 0.264 e. The summed E-state index contributed by atoms with van der Waals surface area (Å²) in [5, 5.41) is 13.7. The molecule has 3 heterocycles. The summed E-state index contributed by atoms with van der Waals surface area (Å²) in [5.74, 6) is 1.52. The molecule has 2 atom stereocenters. The Morgan fingerprint density at radius 3 is 2.74 bits per heavy atom. The van der Waals surface area contributed by atoms with Crippen molar-refractivity contribution in [3.63, 3.8) is 0 Å². The van der Waals surface area contributed by atoms with E-state index in [0.29, 0.717) is 28.3 Å². The van der Waals surface area contributed by atoms with Gasteiger partial charge in [-0.1, -0.05) is 12.1 Å². The van der Waals surface area contributed by atoms with Crippen molar-refractivity contribution in [1.29, 1.82) is 0 Å². The molecule has 1 unspecified atom stereocenters. The van der Waals surface area contributed by atoms with Gasteiger partial charge in [0.25, 0.3) is 5.56 Å². The largest absolute Gasteiger partial charge is 0.396 e. The van der Waals surface area contributed by atoms with Gasteiger partial charge in [-0.25, -0.2) is 4.98 Å². The number of benzene rings is 1. The van der Waals surface area contributed by atoms with Crippen LogP contribution in [0.25, 0.3) is 20.8 Å². The Balaban J connectivity index is 1.54. The molecule has 0 radical (unpaired) electrons. The van der Waals surface area contributed by atoms with Gasteiger partial charge in [0.05, 0.1) is 10.2 Å². The first-order chi connectivity index (χ1) is 15.1. The molecule has 1 aromatic carbocycles. The minimum Gasteiger partial charge on any atom is -0.396 e. The number of nitrogens with one attached hydrogen (secondary N) is 2. The molecule has 3 aromatic rings. The van der Waals surface area contributed by atoms with Gasteiger partial charge < -0.3 is 20.2 Å². The number of hydrogen-bond acceptors (Lipinski definition) is 8. The van der Waals surface area contributed by atoms with Crippen LogP contribution in [0.2, 0.25) is 0 Å². The Morgan fingerprint density at radius 1 is 1.19 bits per heavy atom. The first-order valence-electron chi connectivity index (χ1n) is 10.9. The fourth-order valence-corrected chi connectivity index (χ4v) is 5.49. The number of aromatic nitrogens is 3. The maximum absolute atomic E-state index is 13.3. The minimum absolute atomic E-state index is 0.165. The van der Waals surface area contributed by atoms with Gasteiger partial charge in [-0.2, -0.15) is 4.98 Å². The lowest BCUT2D eigenvalue weighted by molar-refractivity contribution is 0.229. The minimum atomic E-state index is -0.165. The third-order valence-corrected chi connectivity index (χ3v) is 7.41. The van der Waals surface area contributed by atoms with Gasteiger partial charge in [0.1, 0.15) is 16.4 Å². The summed E-state index contributed by atoms with van der Waals surface area (Å²) in [4.78, 5) is 30.3. The first kappa shape index (κ1) is 20.4. The van der Waals surface area contributed by atoms with E-state index in [9.17, 15) is 9.90 Å². The number of aromatic amines is 1. The zero-order valence-electron chi connectivity index (χ0n) is 17.7. The standard InChI is InChI=1S/C22H28N6O2S/c1-27-8-10-28(11-9-27)22-25-19(23-15-7-6-14(12-15)13-29)18(20(30)26-22)21-24-16-4-2-3-5-17(16)31-21/h2-5,14-15,29H,6-13H2,1H3,(H2,23,25,26,30)/t14-,15?/m1/s1. The van der Waals surface area contributed by atoms with E-state index in [1.165, 1.54) is 11.3 Å². The van der Waals surface area contributed by atoms with Gasteiger partial charge in [0.2, 0.25) is 5.95 Å². The molecule has 1 aliphatic carbocycles. The molecule has 5 rings (SSSR count). The number of fused-ring (bicyclic) bond motifs is 1. The van der Waals surface area contributed by atoms with E-state index >= 15 is 0 Å². The number of hydrogen-bond donors (Lipinski definition) is 3. The Morgan fingerprint density at radius 2 is 2.00 bits per heavy atom. The number of aliphatic hydroxyl groups is 1. The summed E-state index contributed by atoms with van der Waals surface area (Å²) < 4.78 is 1.05. The van der Waals surface area contributed by atoms with Gasteiger partial charge in [-0.15, -0.1) is 11.3 Å². The molecule has 8 nitrogen and oxygen atoms in total. The highest BCUT2D eigenvalue weighted by Crippen LogP contribution is 2.34. The van der Waals surface area contributed by atoms with Crippen molar-refractivity contribution in [3.05, 3.63) is 34.6 Å². The zero-order valence-corrected chi connectivity index (χ0v) is 18.5. The van der Waals surface area contributed by atoms with E-state index in [0.717, 1.165) is 55.7 Å². The van der Waals surface area contributed by atoms with Crippen LogP contribution in [-0.2, 0) is 0 Å². The Hall–Kier alpha value is -2.49. The monoisotopic (exact) mass is 440 g/mol. The van der Waals surface area contributed by atoms with Crippen molar-refractivity contribution in [2.75, 3.05) is 50.1 Å². The molecule has 2 aliphatic rings. The van der Waals surface area contributed by atoms with E-state index in [2.05, 4.69) is 27.1 Å². The van der Waals surface area contributed by atoms with Crippen LogP contribution in [0.3, 0.4) is 0 Å². The summed E-state index contributed by atoms with van der Waals surface area (Å²) in [5.41, 5.74) is 1.23. The van der Waals surface area contributed by atoms with Crippen LogP contribution >= 0.6 is 11.3 Å². The van der Waals surface area contributed by atoms with E-state index < -0.39 is 0 Å². The topological polar surface area (TPSA) is 97.4 Å². The van der Waals surface area contributed by atoms with Crippen LogP contribution in [0.5, 0.6) is 0 Å². The second-order valence-corrected chi connectivity index (χ2v) is 9.62. The Bertz CT molecular complexity index is 1090. The van der Waals surface area contributed by atoms with Gasteiger partial charge >= 0.3 is 0 Å². The van der Waals surface area contributed by atoms with Crippen LogP contribution < -0.4 is 15.8 Å². The van der Waals surface area contributed by atoms with Crippen molar-refractivity contribution in [1.82, 2.24) is 19.9 Å². The van der Waals surface area contributed by atoms with Crippen molar-refractivity contribution in [2.45, 2.75) is 25.3 Å². The molecule has 0 amide bonds. The predicted octanol–water partition coefficient (Wildman–Crippen LogP) is 2.37. The summed E-state index contributed by atoms with van der Waals surface area (Å²) in [6.07, 6.45) is 2.83. The molecule has 2 aromatic heterocycles. The van der Waals surface area contributed by atoms with Crippen molar-refractivity contribution >= 4 is 33.3 Å². The highest BCUT2D eigenvalue weighted by molar-refractivity contribution is 7.21. The van der Waals surface area contributed by atoms with Gasteiger partial charge in [0.15, 0.2) is 0 Å². The SMILES string of the molecule is CN1CCN(c2nc(NC3CC[C@@H](CO)C3)c(-c3nc4ccccc4s3)c(=O)[nH]2)CC1. The lowest BCUT2D eigenvalue weighted by Crippen LogP contribution is -2.45. The fourth-order valence-electron chi connectivity index (χ4n) is 4.48. The molecule has 1 aliphatic heterocycles. The average molecular weight is 441 g/mol. The molecule has 2 fully saturated rings. The summed E-state index contributed by atoms with van der Waals surface area (Å²) in [6, 6.07) is 8.12. The third kappa shape index (κ3) is 4.17.